The van der Waals surface area contributed by atoms with E-state index < -0.39 is 6.36 Å². The standard InChI is InChI=1S/C15H11BrF3NO/c16-11-4-5-13-10(6-11)8-14(20-13)9-2-1-3-12(7-9)21-15(17,18)19/h1-7,14,20H,8H2. The van der Waals surface area contributed by atoms with Crippen LogP contribution in [0.15, 0.2) is 46.9 Å². The third-order valence-corrected chi connectivity index (χ3v) is 3.81. The summed E-state index contributed by atoms with van der Waals surface area (Å²) >= 11 is 3.41. The second-order valence-electron chi connectivity index (χ2n) is 4.82. The lowest BCUT2D eigenvalue weighted by Gasteiger charge is -2.14. The van der Waals surface area contributed by atoms with Gasteiger partial charge in [-0.25, -0.2) is 0 Å². The number of alkyl halides is 3. The molecule has 110 valence electrons. The fraction of sp³-hybridized carbons (Fsp3) is 0.200. The molecule has 1 aliphatic heterocycles. The van der Waals surface area contributed by atoms with Gasteiger partial charge in [-0.15, -0.1) is 13.2 Å². The van der Waals surface area contributed by atoms with Crippen LogP contribution in [0.3, 0.4) is 0 Å². The van der Waals surface area contributed by atoms with Gasteiger partial charge in [0.1, 0.15) is 5.75 Å². The molecule has 1 N–H and O–H groups in total. The van der Waals surface area contributed by atoms with Crippen LogP contribution < -0.4 is 10.1 Å². The van der Waals surface area contributed by atoms with Gasteiger partial charge >= 0.3 is 6.36 Å². The molecule has 3 rings (SSSR count). The summed E-state index contributed by atoms with van der Waals surface area (Å²) in [6.07, 6.45) is -3.94. The molecule has 2 aromatic carbocycles. The van der Waals surface area contributed by atoms with Gasteiger partial charge in [0.15, 0.2) is 0 Å². The van der Waals surface area contributed by atoms with Crippen molar-refractivity contribution < 1.29 is 17.9 Å². The number of rotatable bonds is 2. The van der Waals surface area contributed by atoms with Crippen LogP contribution in [0.5, 0.6) is 5.75 Å². The molecule has 6 heteroatoms. The first kappa shape index (κ1) is 14.3. The molecular weight excluding hydrogens is 347 g/mol. The van der Waals surface area contributed by atoms with Crippen molar-refractivity contribution in [3.63, 3.8) is 0 Å². The summed E-state index contributed by atoms with van der Waals surface area (Å²) in [5, 5.41) is 3.31. The van der Waals surface area contributed by atoms with Gasteiger partial charge in [-0.1, -0.05) is 28.1 Å². The number of nitrogens with one attached hydrogen (secondary N) is 1. The van der Waals surface area contributed by atoms with Gasteiger partial charge in [0.2, 0.25) is 0 Å². The van der Waals surface area contributed by atoms with E-state index >= 15 is 0 Å². The number of anilines is 1. The Labute approximate surface area is 128 Å². The molecule has 0 bridgehead atoms. The van der Waals surface area contributed by atoms with Crippen molar-refractivity contribution in [3.8, 4) is 5.75 Å². The highest BCUT2D eigenvalue weighted by Crippen LogP contribution is 2.36. The predicted octanol–water partition coefficient (Wildman–Crippen LogP) is 5.06. The van der Waals surface area contributed by atoms with Crippen molar-refractivity contribution >= 4 is 21.6 Å². The maximum absolute atomic E-state index is 12.3. The average Bonchev–Trinajstić information content (AvgIpc) is 2.80. The number of ether oxygens (including phenoxy) is 1. The van der Waals surface area contributed by atoms with Crippen molar-refractivity contribution in [1.82, 2.24) is 0 Å². The molecule has 1 unspecified atom stereocenters. The van der Waals surface area contributed by atoms with E-state index in [1.807, 2.05) is 18.2 Å². The maximum atomic E-state index is 12.3. The van der Waals surface area contributed by atoms with E-state index in [4.69, 9.17) is 0 Å². The molecule has 21 heavy (non-hydrogen) atoms. The maximum Gasteiger partial charge on any atom is 0.573 e. The molecule has 0 saturated heterocycles. The largest absolute Gasteiger partial charge is 0.573 e. The molecule has 0 radical (unpaired) electrons. The Morgan fingerprint density at radius 2 is 1.95 bits per heavy atom. The van der Waals surface area contributed by atoms with E-state index in [0.29, 0.717) is 0 Å². The lowest BCUT2D eigenvalue weighted by molar-refractivity contribution is -0.274. The third kappa shape index (κ3) is 3.32. The van der Waals surface area contributed by atoms with Crippen molar-refractivity contribution in [3.05, 3.63) is 58.1 Å². The lowest BCUT2D eigenvalue weighted by Crippen LogP contribution is -2.17. The number of fused-ring (bicyclic) bond motifs is 1. The second kappa shape index (κ2) is 5.26. The van der Waals surface area contributed by atoms with Crippen molar-refractivity contribution in [2.45, 2.75) is 18.8 Å². The summed E-state index contributed by atoms with van der Waals surface area (Å²) in [6, 6.07) is 11.9. The Balaban J connectivity index is 1.82. The topological polar surface area (TPSA) is 21.3 Å². The molecule has 0 aliphatic carbocycles. The zero-order valence-corrected chi connectivity index (χ0v) is 12.3. The molecule has 1 aliphatic rings. The van der Waals surface area contributed by atoms with Crippen LogP contribution in [-0.2, 0) is 6.42 Å². The van der Waals surface area contributed by atoms with E-state index in [1.165, 1.54) is 12.1 Å². The van der Waals surface area contributed by atoms with E-state index in [-0.39, 0.29) is 11.8 Å². The predicted molar refractivity (Wildman–Crippen MR) is 77.3 cm³/mol. The minimum atomic E-state index is -4.67. The second-order valence-corrected chi connectivity index (χ2v) is 5.74. The summed E-state index contributed by atoms with van der Waals surface area (Å²) in [4.78, 5) is 0. The number of hydrogen-bond donors (Lipinski definition) is 1. The Morgan fingerprint density at radius 1 is 1.14 bits per heavy atom. The zero-order chi connectivity index (χ0) is 15.0. The van der Waals surface area contributed by atoms with E-state index in [2.05, 4.69) is 26.0 Å². The van der Waals surface area contributed by atoms with Gasteiger partial charge in [-0.3, -0.25) is 0 Å². The molecular formula is C15H11BrF3NO. The fourth-order valence-corrected chi connectivity index (χ4v) is 2.87. The molecule has 0 fully saturated rings. The van der Waals surface area contributed by atoms with Crippen LogP contribution in [0.25, 0.3) is 0 Å². The third-order valence-electron chi connectivity index (χ3n) is 3.32. The van der Waals surface area contributed by atoms with Gasteiger partial charge in [0.25, 0.3) is 0 Å². The van der Waals surface area contributed by atoms with Gasteiger partial charge in [-0.05, 0) is 47.9 Å². The molecule has 0 spiro atoms. The van der Waals surface area contributed by atoms with E-state index in [0.717, 1.165) is 27.7 Å². The molecule has 2 nitrogen and oxygen atoms in total. The Morgan fingerprint density at radius 3 is 2.71 bits per heavy atom. The first-order valence-corrected chi connectivity index (χ1v) is 7.11. The summed E-state index contributed by atoms with van der Waals surface area (Å²) in [7, 11) is 0. The first-order valence-electron chi connectivity index (χ1n) is 6.31. The number of hydrogen-bond acceptors (Lipinski definition) is 2. The molecule has 1 heterocycles. The average molecular weight is 358 g/mol. The molecule has 0 aromatic heterocycles. The SMILES string of the molecule is FC(F)(F)Oc1cccc(C2Cc3cc(Br)ccc3N2)c1. The smallest absolute Gasteiger partial charge is 0.406 e. The minimum Gasteiger partial charge on any atom is -0.406 e. The van der Waals surface area contributed by atoms with Crippen molar-refractivity contribution in [1.29, 1.82) is 0 Å². The van der Waals surface area contributed by atoms with E-state index in [9.17, 15) is 13.2 Å². The lowest BCUT2D eigenvalue weighted by atomic mass is 10.0. The van der Waals surface area contributed by atoms with Gasteiger partial charge < -0.3 is 10.1 Å². The fourth-order valence-electron chi connectivity index (χ4n) is 2.46. The van der Waals surface area contributed by atoms with Gasteiger partial charge in [0, 0.05) is 10.2 Å². The van der Waals surface area contributed by atoms with E-state index in [1.54, 1.807) is 12.1 Å². The highest BCUT2D eigenvalue weighted by molar-refractivity contribution is 9.10. The Hall–Kier alpha value is -1.69. The van der Waals surface area contributed by atoms with Gasteiger partial charge in [-0.2, -0.15) is 0 Å². The summed E-state index contributed by atoms with van der Waals surface area (Å²) in [5.41, 5.74) is 2.91. The van der Waals surface area contributed by atoms with Crippen LogP contribution in [0.4, 0.5) is 18.9 Å². The van der Waals surface area contributed by atoms with Crippen LogP contribution in [0, 0.1) is 0 Å². The summed E-state index contributed by atoms with van der Waals surface area (Å²) in [5.74, 6) is -0.195. The summed E-state index contributed by atoms with van der Waals surface area (Å²) < 4.78 is 41.7. The molecule has 0 saturated carbocycles. The minimum absolute atomic E-state index is 0.0499. The summed E-state index contributed by atoms with van der Waals surface area (Å²) in [6.45, 7) is 0. The van der Waals surface area contributed by atoms with Crippen LogP contribution in [0.2, 0.25) is 0 Å². The number of halogens is 4. The Bertz CT molecular complexity index is 672. The Kier molecular flexibility index (Phi) is 3.57. The highest BCUT2D eigenvalue weighted by Gasteiger charge is 2.31. The number of benzene rings is 2. The van der Waals surface area contributed by atoms with Crippen molar-refractivity contribution in [2.24, 2.45) is 0 Å². The normalized spacial score (nSPS) is 17.2. The van der Waals surface area contributed by atoms with Crippen molar-refractivity contribution in [2.75, 3.05) is 5.32 Å². The van der Waals surface area contributed by atoms with Crippen LogP contribution in [0.1, 0.15) is 17.2 Å². The van der Waals surface area contributed by atoms with Crippen LogP contribution >= 0.6 is 15.9 Å². The zero-order valence-electron chi connectivity index (χ0n) is 10.7. The molecule has 0 amide bonds. The first-order chi connectivity index (χ1) is 9.90. The molecule has 1 atom stereocenters. The molecule has 2 aromatic rings. The van der Waals surface area contributed by atoms with Crippen LogP contribution in [-0.4, -0.2) is 6.36 Å². The highest BCUT2D eigenvalue weighted by atomic mass is 79.9. The quantitative estimate of drug-likeness (QED) is 0.811. The monoisotopic (exact) mass is 357 g/mol. The van der Waals surface area contributed by atoms with Gasteiger partial charge in [0.05, 0.1) is 6.04 Å².